The lowest BCUT2D eigenvalue weighted by molar-refractivity contribution is -0.384. The van der Waals surface area contributed by atoms with Gasteiger partial charge in [-0.1, -0.05) is 72.8 Å². The molecular weight excluding hydrogens is 314 g/mol. The summed E-state index contributed by atoms with van der Waals surface area (Å²) < 4.78 is 0. The van der Waals surface area contributed by atoms with Gasteiger partial charge < -0.3 is 0 Å². The van der Waals surface area contributed by atoms with Gasteiger partial charge in [-0.15, -0.1) is 0 Å². The first-order chi connectivity index (χ1) is 12.2. The summed E-state index contributed by atoms with van der Waals surface area (Å²) in [5.74, 6) is -0.113. The van der Waals surface area contributed by atoms with Crippen molar-refractivity contribution in [3.63, 3.8) is 0 Å². The number of nitrogens with zero attached hydrogens (tertiary/aromatic N) is 1. The summed E-state index contributed by atoms with van der Waals surface area (Å²) in [4.78, 5) is 23.1. The van der Waals surface area contributed by atoms with Crippen molar-refractivity contribution in [1.82, 2.24) is 0 Å². The zero-order valence-corrected chi connectivity index (χ0v) is 13.3. The van der Waals surface area contributed by atoms with Crippen molar-refractivity contribution in [2.24, 2.45) is 0 Å². The Morgan fingerprint density at radius 1 is 0.800 bits per heavy atom. The van der Waals surface area contributed by atoms with Gasteiger partial charge in [-0.25, -0.2) is 0 Å². The van der Waals surface area contributed by atoms with E-state index in [1.807, 2.05) is 42.5 Å². The molecular formula is C21H15NO3. The number of para-hydroxylation sites is 1. The van der Waals surface area contributed by atoms with Gasteiger partial charge in [-0.2, -0.15) is 0 Å². The number of benzene rings is 3. The molecule has 0 bridgehead atoms. The van der Waals surface area contributed by atoms with Gasteiger partial charge in [-0.3, -0.25) is 14.9 Å². The van der Waals surface area contributed by atoms with Crippen LogP contribution in [0, 0.1) is 10.1 Å². The average molecular weight is 329 g/mol. The average Bonchev–Trinajstić information content (AvgIpc) is 2.67. The molecule has 25 heavy (non-hydrogen) atoms. The van der Waals surface area contributed by atoms with Crippen LogP contribution in [0.15, 0.2) is 84.9 Å². The van der Waals surface area contributed by atoms with Crippen molar-refractivity contribution in [2.45, 2.75) is 0 Å². The second-order valence-electron chi connectivity index (χ2n) is 5.43. The van der Waals surface area contributed by atoms with Gasteiger partial charge in [0.2, 0.25) is 0 Å². The van der Waals surface area contributed by atoms with Gasteiger partial charge in [0.25, 0.3) is 5.69 Å². The van der Waals surface area contributed by atoms with E-state index in [9.17, 15) is 14.9 Å². The second kappa shape index (κ2) is 7.36. The quantitative estimate of drug-likeness (QED) is 0.281. The van der Waals surface area contributed by atoms with Gasteiger partial charge in [-0.05, 0) is 23.3 Å². The molecule has 0 spiro atoms. The van der Waals surface area contributed by atoms with Crippen LogP contribution >= 0.6 is 0 Å². The molecule has 0 radical (unpaired) electrons. The second-order valence-corrected chi connectivity index (χ2v) is 5.43. The molecule has 0 aliphatic carbocycles. The largest absolute Gasteiger partial charge is 0.289 e. The molecule has 0 N–H and O–H groups in total. The number of allylic oxidation sites excluding steroid dienone is 1. The van der Waals surface area contributed by atoms with E-state index in [0.717, 1.165) is 5.56 Å². The highest BCUT2D eigenvalue weighted by molar-refractivity contribution is 6.07. The minimum atomic E-state index is -0.398. The molecule has 3 rings (SSSR count). The Bertz CT molecular complexity index is 946. The highest BCUT2D eigenvalue weighted by Crippen LogP contribution is 2.32. The third-order valence-corrected chi connectivity index (χ3v) is 3.82. The van der Waals surface area contributed by atoms with Gasteiger partial charge >= 0.3 is 0 Å². The minimum absolute atomic E-state index is 0.0396. The number of carbonyl (C=O) groups is 1. The van der Waals surface area contributed by atoms with E-state index in [2.05, 4.69) is 0 Å². The smallest absolute Gasteiger partial charge is 0.277 e. The first-order valence-corrected chi connectivity index (χ1v) is 7.77. The van der Waals surface area contributed by atoms with Gasteiger partial charge in [0, 0.05) is 11.6 Å². The van der Waals surface area contributed by atoms with Crippen molar-refractivity contribution in [3.8, 4) is 11.1 Å². The van der Waals surface area contributed by atoms with Crippen LogP contribution in [0.5, 0.6) is 0 Å². The summed E-state index contributed by atoms with van der Waals surface area (Å²) in [7, 11) is 0. The summed E-state index contributed by atoms with van der Waals surface area (Å²) in [5.41, 5.74) is 2.63. The van der Waals surface area contributed by atoms with Crippen molar-refractivity contribution in [2.75, 3.05) is 0 Å². The molecule has 0 saturated carbocycles. The molecule has 4 heteroatoms. The zero-order valence-electron chi connectivity index (χ0n) is 13.3. The van der Waals surface area contributed by atoms with Gasteiger partial charge in [0.05, 0.1) is 10.5 Å². The normalized spacial score (nSPS) is 10.7. The standard InChI is InChI=1S/C21H15NO3/c23-21(17-9-2-1-3-10-17)15-14-16-8-4-5-11-18(16)19-12-6-7-13-20(19)22(24)25/h1-15H. The maximum absolute atomic E-state index is 12.2. The fourth-order valence-corrected chi connectivity index (χ4v) is 2.61. The lowest BCUT2D eigenvalue weighted by Gasteiger charge is -2.07. The lowest BCUT2D eigenvalue weighted by Crippen LogP contribution is -1.94. The van der Waals surface area contributed by atoms with Gasteiger partial charge in [0.15, 0.2) is 5.78 Å². The number of hydrogen-bond acceptors (Lipinski definition) is 3. The van der Waals surface area contributed by atoms with E-state index in [1.165, 1.54) is 12.1 Å². The van der Waals surface area contributed by atoms with E-state index in [0.29, 0.717) is 16.7 Å². The molecule has 3 aromatic carbocycles. The van der Waals surface area contributed by atoms with Crippen LogP contribution in [0.2, 0.25) is 0 Å². The van der Waals surface area contributed by atoms with Crippen molar-refractivity contribution >= 4 is 17.5 Å². The van der Waals surface area contributed by atoms with Crippen LogP contribution in [-0.4, -0.2) is 10.7 Å². The molecule has 3 aromatic rings. The van der Waals surface area contributed by atoms with E-state index in [1.54, 1.807) is 36.4 Å². The van der Waals surface area contributed by atoms with Crippen LogP contribution in [0.25, 0.3) is 17.2 Å². The number of nitro groups is 1. The summed E-state index contributed by atoms with van der Waals surface area (Å²) in [6.07, 6.45) is 3.18. The maximum Gasteiger partial charge on any atom is 0.277 e. The summed E-state index contributed by atoms with van der Waals surface area (Å²) in [6, 6.07) is 22.9. The van der Waals surface area contributed by atoms with E-state index < -0.39 is 4.92 Å². The number of nitro benzene ring substituents is 1. The zero-order chi connectivity index (χ0) is 17.6. The molecule has 4 nitrogen and oxygen atoms in total. The summed E-state index contributed by atoms with van der Waals surface area (Å²) in [5, 5.41) is 11.3. The first-order valence-electron chi connectivity index (χ1n) is 7.77. The fraction of sp³-hybridized carbons (Fsp3) is 0. The Labute approximate surface area is 145 Å². The molecule has 122 valence electrons. The van der Waals surface area contributed by atoms with Crippen LogP contribution in [0.1, 0.15) is 15.9 Å². The van der Waals surface area contributed by atoms with Crippen LogP contribution in [-0.2, 0) is 0 Å². The topological polar surface area (TPSA) is 60.2 Å². The van der Waals surface area contributed by atoms with Gasteiger partial charge in [0.1, 0.15) is 0 Å². The fourth-order valence-electron chi connectivity index (χ4n) is 2.61. The number of carbonyl (C=O) groups excluding carboxylic acids is 1. The predicted molar refractivity (Wildman–Crippen MR) is 98.3 cm³/mol. The van der Waals surface area contributed by atoms with Crippen LogP contribution in [0.3, 0.4) is 0 Å². The molecule has 0 amide bonds. The lowest BCUT2D eigenvalue weighted by atomic mass is 9.97. The Balaban J connectivity index is 1.99. The SMILES string of the molecule is O=C(C=Cc1ccccc1-c1ccccc1[N+](=O)[O-])c1ccccc1. The minimum Gasteiger partial charge on any atom is -0.289 e. The Morgan fingerprint density at radius 2 is 1.40 bits per heavy atom. The van der Waals surface area contributed by atoms with Crippen LogP contribution < -0.4 is 0 Å². The Kier molecular flexibility index (Phi) is 4.81. The summed E-state index contributed by atoms with van der Waals surface area (Å²) >= 11 is 0. The molecule has 0 aromatic heterocycles. The highest BCUT2D eigenvalue weighted by Gasteiger charge is 2.15. The first kappa shape index (κ1) is 16.3. The van der Waals surface area contributed by atoms with Crippen molar-refractivity contribution < 1.29 is 9.72 Å². The third kappa shape index (κ3) is 3.70. The summed E-state index contributed by atoms with van der Waals surface area (Å²) in [6.45, 7) is 0. The van der Waals surface area contributed by atoms with E-state index in [-0.39, 0.29) is 11.5 Å². The molecule has 0 heterocycles. The number of hydrogen-bond donors (Lipinski definition) is 0. The van der Waals surface area contributed by atoms with E-state index in [4.69, 9.17) is 0 Å². The maximum atomic E-state index is 12.2. The molecule has 0 saturated heterocycles. The Hall–Kier alpha value is -3.53. The van der Waals surface area contributed by atoms with Crippen LogP contribution in [0.4, 0.5) is 5.69 Å². The van der Waals surface area contributed by atoms with Crippen molar-refractivity contribution in [1.29, 1.82) is 0 Å². The predicted octanol–water partition coefficient (Wildman–Crippen LogP) is 5.16. The molecule has 0 fully saturated rings. The monoisotopic (exact) mass is 329 g/mol. The number of rotatable bonds is 5. The molecule has 0 atom stereocenters. The molecule has 0 aliphatic rings. The molecule has 0 unspecified atom stereocenters. The van der Waals surface area contributed by atoms with E-state index >= 15 is 0 Å². The highest BCUT2D eigenvalue weighted by atomic mass is 16.6. The Morgan fingerprint density at radius 3 is 2.12 bits per heavy atom. The number of ketones is 1. The molecule has 0 aliphatic heterocycles. The van der Waals surface area contributed by atoms with Crippen molar-refractivity contribution in [3.05, 3.63) is 106 Å². The third-order valence-electron chi connectivity index (χ3n) is 3.82.